The van der Waals surface area contributed by atoms with Crippen LogP contribution >= 0.6 is 0 Å². The van der Waals surface area contributed by atoms with E-state index in [1.807, 2.05) is 13.0 Å². The van der Waals surface area contributed by atoms with Gasteiger partial charge in [0.25, 0.3) is 0 Å². The molecule has 0 aliphatic carbocycles. The lowest BCUT2D eigenvalue weighted by Gasteiger charge is -2.26. The molecular weight excluding hydrogens is 387 g/mol. The van der Waals surface area contributed by atoms with Crippen molar-refractivity contribution in [1.29, 1.82) is 0 Å². The molecule has 0 amide bonds. The zero-order chi connectivity index (χ0) is 20.8. The average Bonchev–Trinajstić information content (AvgIpc) is 2.78. The van der Waals surface area contributed by atoms with Crippen LogP contribution < -0.4 is 14.8 Å². The molecule has 0 bridgehead atoms. The Morgan fingerprint density at radius 3 is 2.70 bits per heavy atom. The minimum atomic E-state index is -0.395. The zero-order valence-electron chi connectivity index (χ0n) is 17.4. The molecule has 1 aromatic heterocycles. The first-order valence-corrected chi connectivity index (χ1v) is 10.6. The molecule has 0 spiro atoms. The molecule has 0 saturated carbocycles. The highest BCUT2D eigenvalue weighted by Gasteiger charge is 2.19. The molecule has 0 unspecified atom stereocenters. The van der Waals surface area contributed by atoms with Crippen molar-refractivity contribution in [2.24, 2.45) is 0 Å². The topological polar surface area (TPSA) is 68.7 Å². The Kier molecular flexibility index (Phi) is 7.09. The van der Waals surface area contributed by atoms with E-state index in [1.54, 1.807) is 12.1 Å². The van der Waals surface area contributed by atoms with Gasteiger partial charge in [0.1, 0.15) is 12.4 Å². The van der Waals surface area contributed by atoms with Gasteiger partial charge in [-0.1, -0.05) is 6.07 Å². The van der Waals surface area contributed by atoms with Gasteiger partial charge in [-0.15, -0.1) is 0 Å². The number of benzene rings is 1. The zero-order valence-corrected chi connectivity index (χ0v) is 17.4. The minimum Gasteiger partial charge on any atom is -0.474 e. The summed E-state index contributed by atoms with van der Waals surface area (Å²) in [6, 6.07) is 5.11. The van der Waals surface area contributed by atoms with Crippen molar-refractivity contribution in [3.8, 4) is 17.5 Å². The van der Waals surface area contributed by atoms with Crippen LogP contribution in [0, 0.1) is 12.7 Å². The number of rotatable bonds is 7. The highest BCUT2D eigenvalue weighted by Crippen LogP contribution is 2.30. The number of halogens is 1. The summed E-state index contributed by atoms with van der Waals surface area (Å²) in [5.74, 6) is 0.566. The summed E-state index contributed by atoms with van der Waals surface area (Å²) >= 11 is 0. The number of hydrogen-bond acceptors (Lipinski definition) is 7. The van der Waals surface area contributed by atoms with E-state index in [2.05, 4.69) is 20.2 Å². The first-order valence-electron chi connectivity index (χ1n) is 10.6. The Hall–Kier alpha value is -2.29. The molecule has 2 aliphatic rings. The van der Waals surface area contributed by atoms with Crippen molar-refractivity contribution in [1.82, 2.24) is 20.2 Å². The van der Waals surface area contributed by atoms with Gasteiger partial charge in [-0.3, -0.25) is 4.90 Å². The monoisotopic (exact) mass is 416 g/mol. The molecule has 2 aromatic rings. The van der Waals surface area contributed by atoms with Crippen molar-refractivity contribution >= 4 is 0 Å². The summed E-state index contributed by atoms with van der Waals surface area (Å²) < 4.78 is 31.8. The number of hydrogen-bond donors (Lipinski definition) is 1. The highest BCUT2D eigenvalue weighted by atomic mass is 19.1. The van der Waals surface area contributed by atoms with E-state index < -0.39 is 5.82 Å². The summed E-state index contributed by atoms with van der Waals surface area (Å²) in [4.78, 5) is 10.7. The molecule has 8 heteroatoms. The summed E-state index contributed by atoms with van der Waals surface area (Å²) in [5.41, 5.74) is 1.62. The molecule has 4 rings (SSSR count). The number of nitrogens with one attached hydrogen (secondary N) is 1. The summed E-state index contributed by atoms with van der Waals surface area (Å²) in [6.45, 7) is 7.98. The third-order valence-corrected chi connectivity index (χ3v) is 5.58. The molecule has 7 nitrogen and oxygen atoms in total. The Morgan fingerprint density at radius 2 is 1.93 bits per heavy atom. The fraction of sp³-hybridized carbons (Fsp3) is 0.545. The smallest absolute Gasteiger partial charge is 0.229 e. The standard InChI is InChI=1S/C22H29FN4O3/c1-16-21(29-18-4-7-24-8-5-18)25-15-26-22(16)30-20-3-2-17(14-19(20)23)6-9-27-10-12-28-13-11-27/h2-3,14-15,18,24H,4-13H2,1H3. The molecule has 0 radical (unpaired) electrons. The molecule has 2 fully saturated rings. The van der Waals surface area contributed by atoms with Crippen molar-refractivity contribution in [2.45, 2.75) is 32.3 Å². The van der Waals surface area contributed by atoms with Gasteiger partial charge in [0, 0.05) is 19.6 Å². The predicted molar refractivity (Wildman–Crippen MR) is 111 cm³/mol. The Balaban J connectivity index is 1.39. The van der Waals surface area contributed by atoms with Gasteiger partial charge in [0.05, 0.1) is 18.8 Å². The first kappa shape index (κ1) is 21.0. The van der Waals surface area contributed by atoms with Crippen LogP contribution in [0.5, 0.6) is 17.5 Å². The minimum absolute atomic E-state index is 0.121. The highest BCUT2D eigenvalue weighted by molar-refractivity contribution is 5.38. The van der Waals surface area contributed by atoms with Crippen LogP contribution in [0.25, 0.3) is 0 Å². The fourth-order valence-corrected chi connectivity index (χ4v) is 3.71. The first-order chi connectivity index (χ1) is 14.7. The van der Waals surface area contributed by atoms with Gasteiger partial charge >= 0.3 is 0 Å². The molecule has 2 saturated heterocycles. The maximum absolute atomic E-state index is 14.7. The Morgan fingerprint density at radius 1 is 1.17 bits per heavy atom. The molecule has 3 heterocycles. The van der Waals surface area contributed by atoms with E-state index in [-0.39, 0.29) is 11.9 Å². The van der Waals surface area contributed by atoms with E-state index in [0.717, 1.165) is 70.8 Å². The predicted octanol–water partition coefficient (Wildman–Crippen LogP) is 2.72. The van der Waals surface area contributed by atoms with Crippen LogP contribution in [-0.2, 0) is 11.2 Å². The van der Waals surface area contributed by atoms with E-state index in [4.69, 9.17) is 14.2 Å². The van der Waals surface area contributed by atoms with Gasteiger partial charge in [-0.25, -0.2) is 14.4 Å². The number of piperidine rings is 1. The molecule has 1 aromatic carbocycles. The van der Waals surface area contributed by atoms with Crippen molar-refractivity contribution in [2.75, 3.05) is 45.9 Å². The van der Waals surface area contributed by atoms with Crippen molar-refractivity contribution < 1.29 is 18.6 Å². The largest absolute Gasteiger partial charge is 0.474 e. The van der Waals surface area contributed by atoms with Gasteiger partial charge in [0.2, 0.25) is 11.8 Å². The van der Waals surface area contributed by atoms with E-state index >= 15 is 0 Å². The average molecular weight is 416 g/mol. The lowest BCUT2D eigenvalue weighted by molar-refractivity contribution is 0.0384. The molecule has 1 N–H and O–H groups in total. The van der Waals surface area contributed by atoms with Gasteiger partial charge in [0.15, 0.2) is 11.6 Å². The second kappa shape index (κ2) is 10.1. The number of morpholine rings is 1. The van der Waals surface area contributed by atoms with Crippen LogP contribution in [0.4, 0.5) is 4.39 Å². The van der Waals surface area contributed by atoms with E-state index in [9.17, 15) is 4.39 Å². The quantitative estimate of drug-likeness (QED) is 0.744. The number of aromatic nitrogens is 2. The lowest BCUT2D eigenvalue weighted by Crippen LogP contribution is -2.37. The van der Waals surface area contributed by atoms with Gasteiger partial charge < -0.3 is 19.5 Å². The van der Waals surface area contributed by atoms with Crippen molar-refractivity contribution in [3.05, 3.63) is 41.5 Å². The maximum atomic E-state index is 14.7. The fourth-order valence-electron chi connectivity index (χ4n) is 3.71. The molecule has 30 heavy (non-hydrogen) atoms. The van der Waals surface area contributed by atoms with Gasteiger partial charge in [-0.2, -0.15) is 0 Å². The third kappa shape index (κ3) is 5.44. The van der Waals surface area contributed by atoms with Crippen LogP contribution in [0.1, 0.15) is 24.0 Å². The molecule has 2 aliphatic heterocycles. The van der Waals surface area contributed by atoms with Crippen LogP contribution in [-0.4, -0.2) is 66.9 Å². The normalized spacial score (nSPS) is 18.3. The van der Waals surface area contributed by atoms with E-state index in [1.165, 1.54) is 6.33 Å². The van der Waals surface area contributed by atoms with Gasteiger partial charge in [-0.05, 0) is 57.0 Å². The Labute approximate surface area is 176 Å². The third-order valence-electron chi connectivity index (χ3n) is 5.58. The number of ether oxygens (including phenoxy) is 3. The maximum Gasteiger partial charge on any atom is 0.229 e. The molecule has 0 atom stereocenters. The molecule has 162 valence electrons. The Bertz CT molecular complexity index is 839. The SMILES string of the molecule is Cc1c(Oc2ccc(CCN3CCOCC3)cc2F)ncnc1OC1CCNCC1. The second-order valence-electron chi connectivity index (χ2n) is 7.75. The van der Waals surface area contributed by atoms with Crippen molar-refractivity contribution in [3.63, 3.8) is 0 Å². The second-order valence-corrected chi connectivity index (χ2v) is 7.75. The summed E-state index contributed by atoms with van der Waals surface area (Å²) in [5, 5.41) is 3.31. The summed E-state index contributed by atoms with van der Waals surface area (Å²) in [6.07, 6.45) is 4.17. The summed E-state index contributed by atoms with van der Waals surface area (Å²) in [7, 11) is 0. The van der Waals surface area contributed by atoms with Crippen LogP contribution in [0.3, 0.4) is 0 Å². The van der Waals surface area contributed by atoms with E-state index in [0.29, 0.717) is 17.3 Å². The number of nitrogens with zero attached hydrogens (tertiary/aromatic N) is 3. The van der Waals surface area contributed by atoms with Crippen LogP contribution in [0.15, 0.2) is 24.5 Å². The van der Waals surface area contributed by atoms with Crippen LogP contribution in [0.2, 0.25) is 0 Å². The lowest BCUT2D eigenvalue weighted by atomic mass is 10.1. The molecular formula is C22H29FN4O3.